The van der Waals surface area contributed by atoms with E-state index in [2.05, 4.69) is 10.6 Å². The molecule has 0 radical (unpaired) electrons. The van der Waals surface area contributed by atoms with Gasteiger partial charge in [0.05, 0.1) is 5.56 Å². The SMILES string of the molecule is CCc1ccccc1NC(=O)Nc1ccc2c(c1)C=CC(C)(COC(=O)c1ccccc1)O2. The van der Waals surface area contributed by atoms with Crippen LogP contribution in [0.2, 0.25) is 0 Å². The molecule has 1 aliphatic rings. The Kier molecular flexibility index (Phi) is 6.45. The number of hydrogen-bond acceptors (Lipinski definition) is 4. The number of amides is 2. The van der Waals surface area contributed by atoms with E-state index in [-0.39, 0.29) is 12.6 Å². The standard InChI is InChI=1S/C27H26N2O4/c1-3-19-9-7-8-12-23(19)29-26(31)28-22-13-14-24-21(17-22)15-16-27(2,33-24)18-32-25(30)20-10-5-4-6-11-20/h4-17H,3,18H2,1-2H3,(H2,28,29,31). The average Bonchev–Trinajstić information content (AvgIpc) is 2.83. The van der Waals surface area contributed by atoms with Crippen LogP contribution < -0.4 is 15.4 Å². The Morgan fingerprint density at radius 2 is 1.73 bits per heavy atom. The van der Waals surface area contributed by atoms with Crippen molar-refractivity contribution in [1.82, 2.24) is 0 Å². The zero-order chi connectivity index (χ0) is 23.3. The number of aryl methyl sites for hydroxylation is 1. The van der Waals surface area contributed by atoms with Gasteiger partial charge in [0.25, 0.3) is 0 Å². The molecule has 2 N–H and O–H groups in total. The molecule has 2 amide bonds. The lowest BCUT2D eigenvalue weighted by molar-refractivity contribution is 0.0140. The molecule has 6 heteroatoms. The maximum atomic E-state index is 12.5. The Morgan fingerprint density at radius 1 is 0.970 bits per heavy atom. The van der Waals surface area contributed by atoms with Gasteiger partial charge in [-0.3, -0.25) is 0 Å². The number of urea groups is 1. The maximum Gasteiger partial charge on any atom is 0.338 e. The Morgan fingerprint density at radius 3 is 2.52 bits per heavy atom. The van der Waals surface area contributed by atoms with Crippen molar-refractivity contribution < 1.29 is 19.1 Å². The zero-order valence-corrected chi connectivity index (χ0v) is 18.6. The van der Waals surface area contributed by atoms with Crippen LogP contribution in [0.1, 0.15) is 35.3 Å². The minimum Gasteiger partial charge on any atom is -0.479 e. The number of esters is 1. The van der Waals surface area contributed by atoms with Crippen LogP contribution in [0.4, 0.5) is 16.2 Å². The van der Waals surface area contributed by atoms with Crippen molar-refractivity contribution in [1.29, 1.82) is 0 Å². The van der Waals surface area contributed by atoms with Gasteiger partial charge in [-0.2, -0.15) is 0 Å². The van der Waals surface area contributed by atoms with Crippen LogP contribution in [0.5, 0.6) is 5.75 Å². The molecule has 0 spiro atoms. The smallest absolute Gasteiger partial charge is 0.338 e. The number of benzene rings is 3. The summed E-state index contributed by atoms with van der Waals surface area (Å²) < 4.78 is 11.6. The summed E-state index contributed by atoms with van der Waals surface area (Å²) in [5.41, 5.74) is 3.05. The highest BCUT2D eigenvalue weighted by atomic mass is 16.6. The molecule has 0 saturated carbocycles. The van der Waals surface area contributed by atoms with Gasteiger partial charge in [0.1, 0.15) is 12.4 Å². The van der Waals surface area contributed by atoms with E-state index < -0.39 is 11.6 Å². The minimum absolute atomic E-state index is 0.0793. The van der Waals surface area contributed by atoms with Crippen molar-refractivity contribution in [2.45, 2.75) is 25.9 Å². The molecule has 0 aliphatic carbocycles. The van der Waals surface area contributed by atoms with Crippen LogP contribution in [0.25, 0.3) is 6.08 Å². The number of fused-ring (bicyclic) bond motifs is 1. The molecule has 3 aromatic carbocycles. The second kappa shape index (κ2) is 9.61. The monoisotopic (exact) mass is 442 g/mol. The molecule has 1 unspecified atom stereocenters. The number of ether oxygens (including phenoxy) is 2. The van der Waals surface area contributed by atoms with Crippen molar-refractivity contribution >= 4 is 29.5 Å². The molecule has 6 nitrogen and oxygen atoms in total. The van der Waals surface area contributed by atoms with Gasteiger partial charge < -0.3 is 20.1 Å². The minimum atomic E-state index is -0.784. The molecule has 0 fully saturated rings. The highest BCUT2D eigenvalue weighted by Gasteiger charge is 2.29. The first-order valence-corrected chi connectivity index (χ1v) is 10.9. The largest absolute Gasteiger partial charge is 0.479 e. The van der Waals surface area contributed by atoms with E-state index >= 15 is 0 Å². The molecule has 1 aliphatic heterocycles. The summed E-state index contributed by atoms with van der Waals surface area (Å²) in [4.78, 5) is 24.7. The fourth-order valence-corrected chi connectivity index (χ4v) is 3.58. The first kappa shape index (κ1) is 22.1. The van der Waals surface area contributed by atoms with Crippen LogP contribution in [-0.4, -0.2) is 24.2 Å². The number of carbonyl (C=O) groups is 2. The first-order chi connectivity index (χ1) is 16.0. The topological polar surface area (TPSA) is 76.7 Å². The van der Waals surface area contributed by atoms with E-state index in [1.807, 2.05) is 62.4 Å². The number of nitrogens with one attached hydrogen (secondary N) is 2. The Bertz CT molecular complexity index is 1190. The first-order valence-electron chi connectivity index (χ1n) is 10.9. The number of anilines is 2. The highest BCUT2D eigenvalue weighted by Crippen LogP contribution is 2.33. The molecule has 3 aromatic rings. The van der Waals surface area contributed by atoms with Gasteiger partial charge in [-0.15, -0.1) is 0 Å². The molecule has 0 bridgehead atoms. The second-order valence-corrected chi connectivity index (χ2v) is 8.03. The lowest BCUT2D eigenvalue weighted by Crippen LogP contribution is -2.38. The number of para-hydroxylation sites is 1. The van der Waals surface area contributed by atoms with E-state index in [4.69, 9.17) is 9.47 Å². The number of rotatable bonds is 6. The Balaban J connectivity index is 1.38. The summed E-state index contributed by atoms with van der Waals surface area (Å²) in [5.74, 6) is 0.257. The average molecular weight is 443 g/mol. The van der Waals surface area contributed by atoms with Crippen molar-refractivity contribution in [3.8, 4) is 5.75 Å². The third kappa shape index (κ3) is 5.41. The molecule has 1 atom stereocenters. The van der Waals surface area contributed by atoms with Crippen LogP contribution in [0.15, 0.2) is 78.9 Å². The summed E-state index contributed by atoms with van der Waals surface area (Å²) in [5, 5.41) is 5.76. The third-order valence-corrected chi connectivity index (χ3v) is 5.37. The molecular weight excluding hydrogens is 416 g/mol. The summed E-state index contributed by atoms with van der Waals surface area (Å²) in [7, 11) is 0. The lowest BCUT2D eigenvalue weighted by atomic mass is 10.0. The van der Waals surface area contributed by atoms with Crippen LogP contribution in [0.3, 0.4) is 0 Å². The molecule has 4 rings (SSSR count). The second-order valence-electron chi connectivity index (χ2n) is 8.03. The highest BCUT2D eigenvalue weighted by molar-refractivity contribution is 6.00. The summed E-state index contributed by atoms with van der Waals surface area (Å²) in [6.45, 7) is 3.98. The zero-order valence-electron chi connectivity index (χ0n) is 18.6. The Hall–Kier alpha value is -4.06. The number of hydrogen-bond donors (Lipinski definition) is 2. The van der Waals surface area contributed by atoms with Gasteiger partial charge in [-0.25, -0.2) is 9.59 Å². The molecule has 1 heterocycles. The van der Waals surface area contributed by atoms with Crippen LogP contribution in [0, 0.1) is 0 Å². The third-order valence-electron chi connectivity index (χ3n) is 5.37. The predicted molar refractivity (Wildman–Crippen MR) is 130 cm³/mol. The molecule has 0 saturated heterocycles. The number of carbonyl (C=O) groups excluding carboxylic acids is 2. The summed E-state index contributed by atoms with van der Waals surface area (Å²) in [6, 6.07) is 21.7. The van der Waals surface area contributed by atoms with Gasteiger partial charge in [-0.05, 0) is 61.4 Å². The normalized spacial score (nSPS) is 16.3. The van der Waals surface area contributed by atoms with E-state index in [9.17, 15) is 9.59 Å². The Labute approximate surface area is 193 Å². The summed E-state index contributed by atoms with van der Waals surface area (Å²) >= 11 is 0. The molecule has 0 aromatic heterocycles. The van der Waals surface area contributed by atoms with Crippen molar-refractivity contribution in [3.63, 3.8) is 0 Å². The molecule has 168 valence electrons. The molecule has 33 heavy (non-hydrogen) atoms. The quantitative estimate of drug-likeness (QED) is 0.465. The predicted octanol–water partition coefficient (Wildman–Crippen LogP) is 5.91. The van der Waals surface area contributed by atoms with Gasteiger partial charge in [0, 0.05) is 16.9 Å². The van der Waals surface area contributed by atoms with E-state index in [0.717, 1.165) is 23.2 Å². The van der Waals surface area contributed by atoms with E-state index in [1.165, 1.54) is 0 Å². The van der Waals surface area contributed by atoms with E-state index in [1.54, 1.807) is 36.4 Å². The molecular formula is C27H26N2O4. The fourth-order valence-electron chi connectivity index (χ4n) is 3.58. The summed E-state index contributed by atoms with van der Waals surface area (Å²) in [6.07, 6.45) is 4.59. The van der Waals surface area contributed by atoms with Gasteiger partial charge in [0.2, 0.25) is 0 Å². The van der Waals surface area contributed by atoms with Crippen LogP contribution >= 0.6 is 0 Å². The maximum absolute atomic E-state index is 12.5. The van der Waals surface area contributed by atoms with Crippen molar-refractivity contribution in [3.05, 3.63) is 95.6 Å². The fraction of sp³-hybridized carbons (Fsp3) is 0.185. The van der Waals surface area contributed by atoms with Gasteiger partial charge in [-0.1, -0.05) is 49.4 Å². The van der Waals surface area contributed by atoms with Crippen molar-refractivity contribution in [2.24, 2.45) is 0 Å². The van der Waals surface area contributed by atoms with Gasteiger partial charge in [0.15, 0.2) is 5.60 Å². The van der Waals surface area contributed by atoms with Crippen molar-refractivity contribution in [2.75, 3.05) is 17.2 Å². The van der Waals surface area contributed by atoms with Crippen LogP contribution in [-0.2, 0) is 11.2 Å². The van der Waals surface area contributed by atoms with Gasteiger partial charge >= 0.3 is 12.0 Å². The van der Waals surface area contributed by atoms with E-state index in [0.29, 0.717) is 17.0 Å². The lowest BCUT2D eigenvalue weighted by Gasteiger charge is -2.31.